The van der Waals surface area contributed by atoms with Crippen LogP contribution in [0.1, 0.15) is 74.8 Å². The van der Waals surface area contributed by atoms with E-state index in [1.165, 1.54) is 35.1 Å². The van der Waals surface area contributed by atoms with Crippen LogP contribution in [-0.4, -0.2) is 63.2 Å². The van der Waals surface area contributed by atoms with Crippen LogP contribution in [0.2, 0.25) is 0 Å². The summed E-state index contributed by atoms with van der Waals surface area (Å²) in [5.41, 5.74) is -0.710. The van der Waals surface area contributed by atoms with Gasteiger partial charge in [-0.05, 0) is 74.8 Å². The van der Waals surface area contributed by atoms with Crippen LogP contribution in [0.3, 0.4) is 0 Å². The van der Waals surface area contributed by atoms with Gasteiger partial charge in [0.1, 0.15) is 0 Å². The zero-order valence-electron chi connectivity index (χ0n) is 24.7. The molecule has 0 spiro atoms. The van der Waals surface area contributed by atoms with Gasteiger partial charge in [0.05, 0.1) is 11.3 Å². The van der Waals surface area contributed by atoms with Crippen molar-refractivity contribution in [3.63, 3.8) is 0 Å². The number of benzene rings is 1. The Morgan fingerprint density at radius 1 is 1.09 bits per heavy atom. The molecular formula is C32H39F3N6O2. The van der Waals surface area contributed by atoms with Gasteiger partial charge >= 0.3 is 6.18 Å². The number of halogens is 3. The van der Waals surface area contributed by atoms with E-state index in [0.717, 1.165) is 57.8 Å². The Kier molecular flexibility index (Phi) is 9.19. The molecule has 0 bridgehead atoms. The van der Waals surface area contributed by atoms with Gasteiger partial charge in [-0.3, -0.25) is 9.59 Å². The molecule has 2 aliphatic rings. The highest BCUT2D eigenvalue weighted by Crippen LogP contribution is 2.37. The molecule has 43 heavy (non-hydrogen) atoms. The third-order valence-corrected chi connectivity index (χ3v) is 8.33. The number of rotatable bonds is 10. The fourth-order valence-corrected chi connectivity index (χ4v) is 5.91. The molecule has 2 N–H and O–H groups in total. The van der Waals surface area contributed by atoms with E-state index in [1.807, 2.05) is 0 Å². The lowest BCUT2D eigenvalue weighted by Crippen LogP contribution is -2.46. The molecule has 230 valence electrons. The van der Waals surface area contributed by atoms with Crippen molar-refractivity contribution in [2.24, 2.45) is 5.41 Å². The maximum absolute atomic E-state index is 14.0. The van der Waals surface area contributed by atoms with Gasteiger partial charge in [0.15, 0.2) is 11.5 Å². The number of alkyl halides is 3. The van der Waals surface area contributed by atoms with Crippen molar-refractivity contribution in [2.75, 3.05) is 19.6 Å². The first-order chi connectivity index (χ1) is 20.5. The molecular weight excluding hydrogens is 557 g/mol. The Bertz CT molecular complexity index is 1420. The Morgan fingerprint density at radius 2 is 1.86 bits per heavy atom. The number of hydrogen-bond donors (Lipinski definition) is 2. The summed E-state index contributed by atoms with van der Waals surface area (Å²) in [4.78, 5) is 33.1. The normalized spacial score (nSPS) is 18.1. The summed E-state index contributed by atoms with van der Waals surface area (Å²) >= 11 is 0. The van der Waals surface area contributed by atoms with E-state index < -0.39 is 23.7 Å². The molecule has 1 saturated carbocycles. The molecule has 3 aromatic rings. The molecule has 11 heteroatoms. The lowest BCUT2D eigenvalue weighted by molar-refractivity contribution is -0.137. The van der Waals surface area contributed by atoms with Crippen LogP contribution in [0.25, 0.3) is 17.1 Å². The number of amides is 2. The number of piperidine rings is 1. The zero-order valence-corrected chi connectivity index (χ0v) is 24.7. The van der Waals surface area contributed by atoms with E-state index in [4.69, 9.17) is 0 Å². The fraction of sp³-hybridized carbons (Fsp3) is 0.500. The van der Waals surface area contributed by atoms with Crippen LogP contribution in [0.5, 0.6) is 0 Å². The average Bonchev–Trinajstić information content (AvgIpc) is 3.39. The lowest BCUT2D eigenvalue weighted by atomic mass is 9.84. The zero-order chi connectivity index (χ0) is 30.6. The summed E-state index contributed by atoms with van der Waals surface area (Å²) in [5.74, 6) is -0.397. The maximum atomic E-state index is 14.0. The molecule has 3 heterocycles. The van der Waals surface area contributed by atoms with Crippen LogP contribution in [0.15, 0.2) is 54.7 Å². The van der Waals surface area contributed by atoms with E-state index in [0.29, 0.717) is 6.42 Å². The number of nitrogens with one attached hydrogen (secondary N) is 2. The van der Waals surface area contributed by atoms with Crippen molar-refractivity contribution in [1.29, 1.82) is 0 Å². The van der Waals surface area contributed by atoms with Gasteiger partial charge in [0.2, 0.25) is 5.91 Å². The first kappa shape index (κ1) is 30.7. The third-order valence-electron chi connectivity index (χ3n) is 8.33. The summed E-state index contributed by atoms with van der Waals surface area (Å²) < 4.78 is 43.2. The largest absolute Gasteiger partial charge is 0.417 e. The molecule has 5 rings (SSSR count). The molecule has 2 aromatic heterocycles. The Labute approximate surface area is 250 Å². The van der Waals surface area contributed by atoms with E-state index in [2.05, 4.69) is 39.5 Å². The number of aromatic nitrogens is 3. The van der Waals surface area contributed by atoms with Crippen molar-refractivity contribution in [3.05, 3.63) is 66.0 Å². The maximum Gasteiger partial charge on any atom is 0.417 e. The molecule has 0 radical (unpaired) electrons. The second-order valence-corrected chi connectivity index (χ2v) is 12.5. The molecule has 1 saturated heterocycles. The topological polar surface area (TPSA) is 92.2 Å². The van der Waals surface area contributed by atoms with Crippen molar-refractivity contribution < 1.29 is 22.8 Å². The van der Waals surface area contributed by atoms with E-state index in [1.54, 1.807) is 18.2 Å². The fourth-order valence-electron chi connectivity index (χ4n) is 5.91. The van der Waals surface area contributed by atoms with Crippen molar-refractivity contribution in [2.45, 2.75) is 77.1 Å². The molecule has 8 nitrogen and oxygen atoms in total. The average molecular weight is 597 g/mol. The van der Waals surface area contributed by atoms with Gasteiger partial charge in [0, 0.05) is 43.4 Å². The van der Waals surface area contributed by atoms with Crippen LogP contribution in [0, 0.1) is 5.41 Å². The first-order valence-corrected chi connectivity index (χ1v) is 15.0. The molecule has 1 aromatic carbocycles. The van der Waals surface area contributed by atoms with Gasteiger partial charge < -0.3 is 15.5 Å². The lowest BCUT2D eigenvalue weighted by Gasteiger charge is -2.38. The number of carbonyl (C=O) groups excluding carboxylic acids is 2. The van der Waals surface area contributed by atoms with Crippen LogP contribution >= 0.6 is 0 Å². The smallest absolute Gasteiger partial charge is 0.353 e. The minimum absolute atomic E-state index is 0.0545. The quantitative estimate of drug-likeness (QED) is 0.317. The van der Waals surface area contributed by atoms with Gasteiger partial charge in [-0.2, -0.15) is 18.3 Å². The van der Waals surface area contributed by atoms with Gasteiger partial charge in [-0.15, -0.1) is 0 Å². The van der Waals surface area contributed by atoms with E-state index in [9.17, 15) is 22.8 Å². The first-order valence-electron chi connectivity index (χ1n) is 15.0. The van der Waals surface area contributed by atoms with Gasteiger partial charge in [0.25, 0.3) is 5.91 Å². The Hall–Kier alpha value is -3.73. The highest BCUT2D eigenvalue weighted by atomic mass is 19.4. The number of nitrogens with zero attached hydrogens (tertiary/aromatic N) is 4. The standard InChI is InChI=1S/C32H39F3N6O2/c1-31(2)15-8-17-40(21-31)18-14-23(19-29(42)37-22-9-7-10-22)38-30(43)26-20-27(41(39-26)28-13-5-6-16-36-28)24-11-3-4-12-25(24)32(33,34)35/h3-6,11-13,16,20,22-23H,7-10,14-15,17-19,21H2,1-2H3,(H,37,42)(H,38,43)/t23-/m0/s1. The third kappa shape index (κ3) is 7.81. The molecule has 2 fully saturated rings. The number of carbonyl (C=O) groups is 2. The highest BCUT2D eigenvalue weighted by Gasteiger charge is 2.35. The highest BCUT2D eigenvalue weighted by molar-refractivity contribution is 5.94. The monoisotopic (exact) mass is 596 g/mol. The molecule has 0 unspecified atom stereocenters. The number of pyridine rings is 1. The summed E-state index contributed by atoms with van der Waals surface area (Å²) in [7, 11) is 0. The Balaban J connectivity index is 1.40. The van der Waals surface area contributed by atoms with Crippen LogP contribution in [0.4, 0.5) is 13.2 Å². The van der Waals surface area contributed by atoms with E-state index >= 15 is 0 Å². The minimum Gasteiger partial charge on any atom is -0.353 e. The molecule has 1 atom stereocenters. The second kappa shape index (κ2) is 12.9. The summed E-state index contributed by atoms with van der Waals surface area (Å²) in [6.45, 7) is 7.12. The molecule has 1 aliphatic heterocycles. The minimum atomic E-state index is -4.61. The van der Waals surface area contributed by atoms with Crippen molar-refractivity contribution >= 4 is 11.8 Å². The van der Waals surface area contributed by atoms with Crippen molar-refractivity contribution in [1.82, 2.24) is 30.3 Å². The van der Waals surface area contributed by atoms with Gasteiger partial charge in [-0.1, -0.05) is 38.1 Å². The Morgan fingerprint density at radius 3 is 2.53 bits per heavy atom. The van der Waals surface area contributed by atoms with Crippen LogP contribution in [-0.2, 0) is 11.0 Å². The summed E-state index contributed by atoms with van der Waals surface area (Å²) in [6.07, 6.45) is 2.83. The van der Waals surface area contributed by atoms with E-state index in [-0.39, 0.29) is 46.6 Å². The SMILES string of the molecule is CC1(C)CCCN(CC[C@@H](CC(=O)NC2CCC2)NC(=O)c2cc(-c3ccccc3C(F)(F)F)n(-c3ccccn3)n2)C1. The van der Waals surface area contributed by atoms with Crippen molar-refractivity contribution in [3.8, 4) is 17.1 Å². The van der Waals surface area contributed by atoms with Crippen LogP contribution < -0.4 is 10.6 Å². The second-order valence-electron chi connectivity index (χ2n) is 12.5. The molecule has 1 aliphatic carbocycles. The summed E-state index contributed by atoms with van der Waals surface area (Å²) in [6, 6.07) is 11.3. The number of likely N-dealkylation sites (tertiary alicyclic amines) is 1. The number of hydrogen-bond acceptors (Lipinski definition) is 5. The predicted octanol–water partition coefficient (Wildman–Crippen LogP) is 5.62. The predicted molar refractivity (Wildman–Crippen MR) is 158 cm³/mol. The molecule has 2 amide bonds. The van der Waals surface area contributed by atoms with Gasteiger partial charge in [-0.25, -0.2) is 9.67 Å². The summed E-state index contributed by atoms with van der Waals surface area (Å²) in [5, 5.41) is 10.4.